The summed E-state index contributed by atoms with van der Waals surface area (Å²) in [6.45, 7) is 6.81. The third-order valence-electron chi connectivity index (χ3n) is 2.94. The van der Waals surface area contributed by atoms with Crippen molar-refractivity contribution in [1.29, 1.82) is 0 Å². The highest BCUT2D eigenvalue weighted by molar-refractivity contribution is 7.20. The Balaban J connectivity index is 3.89. The SMILES string of the molecule is CCCC[Si](Cl)(CCCC)CCCC. The molecule has 0 N–H and O–H groups in total. The van der Waals surface area contributed by atoms with Crippen molar-refractivity contribution in [1.82, 2.24) is 0 Å². The van der Waals surface area contributed by atoms with Crippen LogP contribution in [0.3, 0.4) is 0 Å². The first-order valence-corrected chi connectivity index (χ1v) is 10.0. The van der Waals surface area contributed by atoms with E-state index in [2.05, 4.69) is 20.8 Å². The summed E-state index contributed by atoms with van der Waals surface area (Å²) in [6, 6.07) is 4.06. The van der Waals surface area contributed by atoms with Gasteiger partial charge >= 0.3 is 0 Å². The second-order valence-electron chi connectivity index (χ2n) is 4.46. The van der Waals surface area contributed by atoms with E-state index in [1.807, 2.05) is 0 Å². The largest absolute Gasteiger partial charge is 0.167 e. The van der Waals surface area contributed by atoms with E-state index in [0.29, 0.717) is 0 Å². The van der Waals surface area contributed by atoms with E-state index in [-0.39, 0.29) is 0 Å². The Morgan fingerprint density at radius 3 is 1.21 bits per heavy atom. The third kappa shape index (κ3) is 6.89. The lowest BCUT2D eigenvalue weighted by Crippen LogP contribution is -2.26. The molecule has 0 amide bonds. The summed E-state index contributed by atoms with van der Waals surface area (Å²) >= 11 is 6.81. The molecule has 0 atom stereocenters. The maximum absolute atomic E-state index is 6.81. The van der Waals surface area contributed by atoms with Gasteiger partial charge in [0.25, 0.3) is 0 Å². The van der Waals surface area contributed by atoms with Gasteiger partial charge in [-0.2, -0.15) is 11.1 Å². The Morgan fingerprint density at radius 2 is 1.00 bits per heavy atom. The summed E-state index contributed by atoms with van der Waals surface area (Å²) in [6.07, 6.45) is 7.97. The minimum atomic E-state index is -1.34. The van der Waals surface area contributed by atoms with E-state index in [1.165, 1.54) is 56.7 Å². The van der Waals surface area contributed by atoms with Gasteiger partial charge in [-0.25, -0.2) is 0 Å². The molecule has 0 aromatic heterocycles. The standard InChI is InChI=1S/C12H27ClSi/c1-4-7-10-14(13,11-8-5-2)12-9-6-3/h4-12H2,1-3H3. The first kappa shape index (κ1) is 14.5. The van der Waals surface area contributed by atoms with Crippen molar-refractivity contribution in [3.05, 3.63) is 0 Å². The lowest BCUT2D eigenvalue weighted by atomic mass is 10.4. The van der Waals surface area contributed by atoms with Gasteiger partial charge in [-0.15, -0.1) is 0 Å². The monoisotopic (exact) mass is 234 g/mol. The molecule has 0 radical (unpaired) electrons. The van der Waals surface area contributed by atoms with Gasteiger partial charge in [-0.1, -0.05) is 59.3 Å². The smallest absolute Gasteiger partial charge is 0.156 e. The summed E-state index contributed by atoms with van der Waals surface area (Å²) in [5.74, 6) is 0. The fourth-order valence-electron chi connectivity index (χ4n) is 1.86. The van der Waals surface area contributed by atoms with Crippen LogP contribution in [-0.2, 0) is 0 Å². The van der Waals surface area contributed by atoms with Crippen molar-refractivity contribution in [2.24, 2.45) is 0 Å². The quantitative estimate of drug-likeness (QED) is 0.361. The van der Waals surface area contributed by atoms with E-state index >= 15 is 0 Å². The van der Waals surface area contributed by atoms with Crippen molar-refractivity contribution in [2.45, 2.75) is 77.4 Å². The van der Waals surface area contributed by atoms with Crippen LogP contribution in [0, 0.1) is 0 Å². The molecule has 0 heterocycles. The maximum atomic E-state index is 6.81. The van der Waals surface area contributed by atoms with Crippen molar-refractivity contribution in [2.75, 3.05) is 0 Å². The molecule has 0 aliphatic carbocycles. The molecule has 0 spiro atoms. The molecule has 0 unspecified atom stereocenters. The fourth-order valence-corrected chi connectivity index (χ4v) is 6.77. The van der Waals surface area contributed by atoms with E-state index in [4.69, 9.17) is 11.1 Å². The molecule has 0 saturated heterocycles. The highest BCUT2D eigenvalue weighted by Gasteiger charge is 2.28. The van der Waals surface area contributed by atoms with Crippen LogP contribution >= 0.6 is 11.1 Å². The topological polar surface area (TPSA) is 0 Å². The molecule has 0 saturated carbocycles. The average Bonchev–Trinajstić information content (AvgIpc) is 2.21. The summed E-state index contributed by atoms with van der Waals surface area (Å²) in [5.41, 5.74) is 0. The lowest BCUT2D eigenvalue weighted by molar-refractivity contribution is 0.806. The van der Waals surface area contributed by atoms with Gasteiger partial charge in [-0.3, -0.25) is 0 Å². The van der Waals surface area contributed by atoms with Gasteiger partial charge in [-0.05, 0) is 18.1 Å². The van der Waals surface area contributed by atoms with Crippen LogP contribution in [-0.4, -0.2) is 7.38 Å². The highest BCUT2D eigenvalue weighted by Crippen LogP contribution is 2.31. The molecule has 0 fully saturated rings. The van der Waals surface area contributed by atoms with Crippen LogP contribution in [0.5, 0.6) is 0 Å². The molecular weight excluding hydrogens is 208 g/mol. The Morgan fingerprint density at radius 1 is 0.714 bits per heavy atom. The number of hydrogen-bond acceptors (Lipinski definition) is 0. The molecule has 0 aliphatic rings. The Hall–Kier alpha value is 0.507. The predicted molar refractivity (Wildman–Crippen MR) is 70.8 cm³/mol. The van der Waals surface area contributed by atoms with Crippen LogP contribution in [0.15, 0.2) is 0 Å². The number of rotatable bonds is 9. The molecule has 86 valence electrons. The number of unbranched alkanes of at least 4 members (excludes halogenated alkanes) is 3. The first-order chi connectivity index (χ1) is 6.68. The van der Waals surface area contributed by atoms with Crippen molar-refractivity contribution >= 4 is 18.5 Å². The van der Waals surface area contributed by atoms with Crippen LogP contribution in [0.4, 0.5) is 0 Å². The van der Waals surface area contributed by atoms with Gasteiger partial charge < -0.3 is 0 Å². The second kappa shape index (κ2) is 8.79. The molecule has 0 rings (SSSR count). The van der Waals surface area contributed by atoms with Gasteiger partial charge in [0.2, 0.25) is 0 Å². The second-order valence-corrected chi connectivity index (χ2v) is 10.7. The average molecular weight is 235 g/mol. The van der Waals surface area contributed by atoms with Crippen LogP contribution < -0.4 is 0 Å². The minimum Gasteiger partial charge on any atom is -0.167 e. The Bertz CT molecular complexity index is 104. The van der Waals surface area contributed by atoms with Crippen molar-refractivity contribution in [3.63, 3.8) is 0 Å². The van der Waals surface area contributed by atoms with Gasteiger partial charge in [0.15, 0.2) is 7.38 Å². The molecule has 0 nitrogen and oxygen atoms in total. The Kier molecular flexibility index (Phi) is 9.10. The summed E-state index contributed by atoms with van der Waals surface area (Å²) in [5, 5.41) is 0. The summed E-state index contributed by atoms with van der Waals surface area (Å²) in [7, 11) is -1.34. The van der Waals surface area contributed by atoms with Gasteiger partial charge in [0.05, 0.1) is 0 Å². The molecule has 0 aromatic carbocycles. The van der Waals surface area contributed by atoms with Crippen molar-refractivity contribution < 1.29 is 0 Å². The predicted octanol–water partition coefficient (Wildman–Crippen LogP) is 5.57. The summed E-state index contributed by atoms with van der Waals surface area (Å²) < 4.78 is 0. The molecule has 0 bridgehead atoms. The maximum Gasteiger partial charge on any atom is 0.156 e. The van der Waals surface area contributed by atoms with Crippen LogP contribution in [0.25, 0.3) is 0 Å². The Labute approximate surface area is 96.1 Å². The summed E-state index contributed by atoms with van der Waals surface area (Å²) in [4.78, 5) is 0. The van der Waals surface area contributed by atoms with E-state index < -0.39 is 7.38 Å². The lowest BCUT2D eigenvalue weighted by Gasteiger charge is -2.24. The zero-order valence-electron chi connectivity index (χ0n) is 10.2. The van der Waals surface area contributed by atoms with Crippen molar-refractivity contribution in [3.8, 4) is 0 Å². The van der Waals surface area contributed by atoms with E-state index in [0.717, 1.165) is 0 Å². The van der Waals surface area contributed by atoms with Gasteiger partial charge in [0.1, 0.15) is 0 Å². The minimum absolute atomic E-state index is 1.31. The third-order valence-corrected chi connectivity index (χ3v) is 8.38. The molecule has 2 heteroatoms. The zero-order chi connectivity index (χ0) is 10.9. The normalized spacial score (nSPS) is 12.0. The molecule has 0 aromatic rings. The van der Waals surface area contributed by atoms with E-state index in [1.54, 1.807) is 0 Å². The molecule has 0 aliphatic heterocycles. The van der Waals surface area contributed by atoms with Crippen LogP contribution in [0.1, 0.15) is 59.3 Å². The number of halogens is 1. The fraction of sp³-hybridized carbons (Fsp3) is 1.00. The van der Waals surface area contributed by atoms with E-state index in [9.17, 15) is 0 Å². The molecular formula is C12H27ClSi. The highest BCUT2D eigenvalue weighted by atomic mass is 35.6. The zero-order valence-corrected chi connectivity index (χ0v) is 12.0. The first-order valence-electron chi connectivity index (χ1n) is 6.37. The molecule has 14 heavy (non-hydrogen) atoms. The van der Waals surface area contributed by atoms with Crippen LogP contribution in [0.2, 0.25) is 18.1 Å². The number of hydrogen-bond donors (Lipinski definition) is 0. The van der Waals surface area contributed by atoms with Gasteiger partial charge in [0, 0.05) is 0 Å².